The largest absolute Gasteiger partial charge is 0.379 e. The van der Waals surface area contributed by atoms with Crippen LogP contribution in [0.1, 0.15) is 44.6 Å². The van der Waals surface area contributed by atoms with Crippen LogP contribution in [0.4, 0.5) is 18.9 Å². The molecule has 232 valence electrons. The molecule has 1 saturated carbocycles. The molecule has 3 aliphatic rings. The van der Waals surface area contributed by atoms with E-state index < -0.39 is 32.9 Å². The van der Waals surface area contributed by atoms with E-state index in [-0.39, 0.29) is 39.4 Å². The molecule has 2 atom stereocenters. The third-order valence-electron chi connectivity index (χ3n) is 8.34. The summed E-state index contributed by atoms with van der Waals surface area (Å²) < 4.78 is 74.6. The summed E-state index contributed by atoms with van der Waals surface area (Å²) in [6.07, 6.45) is 2.32. The number of sulfonamides is 1. The molecule has 8 nitrogen and oxygen atoms in total. The number of halogens is 4. The third kappa shape index (κ3) is 6.93. The van der Waals surface area contributed by atoms with Crippen molar-refractivity contribution in [3.05, 3.63) is 52.8 Å². The normalized spacial score (nSPS) is 23.2. The van der Waals surface area contributed by atoms with Crippen LogP contribution >= 0.6 is 23.4 Å². The van der Waals surface area contributed by atoms with Crippen molar-refractivity contribution in [2.45, 2.75) is 66.4 Å². The lowest BCUT2D eigenvalue weighted by Gasteiger charge is -2.40. The number of carbonyl (C=O) groups excluding carboxylic acids is 1. The highest BCUT2D eigenvalue weighted by atomic mass is 35.5. The van der Waals surface area contributed by atoms with Gasteiger partial charge < -0.3 is 15.0 Å². The highest BCUT2D eigenvalue weighted by Gasteiger charge is 2.75. The quantitative estimate of drug-likeness (QED) is 0.309. The molecule has 3 fully saturated rings. The van der Waals surface area contributed by atoms with Crippen LogP contribution in [-0.2, 0) is 19.6 Å². The molecular formula is C29H32ClF3N4O4S2. The number of benzene rings is 2. The number of ether oxygens (including phenoxy) is 1. The van der Waals surface area contributed by atoms with Gasteiger partial charge in [-0.2, -0.15) is 5.26 Å². The monoisotopic (exact) mass is 656 g/mol. The van der Waals surface area contributed by atoms with Crippen molar-refractivity contribution >= 4 is 45.0 Å². The van der Waals surface area contributed by atoms with Gasteiger partial charge in [0.15, 0.2) is 0 Å². The Kier molecular flexibility index (Phi) is 9.00. The fraction of sp³-hybridized carbons (Fsp3) is 0.517. The maximum atomic E-state index is 13.7. The van der Waals surface area contributed by atoms with Crippen molar-refractivity contribution in [1.82, 2.24) is 9.62 Å². The maximum Gasteiger partial charge on any atom is 0.265 e. The Bertz CT molecular complexity index is 1520. The van der Waals surface area contributed by atoms with Crippen molar-refractivity contribution in [2.24, 2.45) is 5.41 Å². The number of nitrogens with zero attached hydrogens (tertiary/aromatic N) is 2. The Morgan fingerprint density at radius 1 is 1.23 bits per heavy atom. The first-order chi connectivity index (χ1) is 20.3. The molecule has 2 aliphatic heterocycles. The van der Waals surface area contributed by atoms with Crippen LogP contribution in [0, 0.1) is 22.6 Å². The summed E-state index contributed by atoms with van der Waals surface area (Å²) >= 11 is 7.97. The second-order valence-electron chi connectivity index (χ2n) is 11.7. The lowest BCUT2D eigenvalue weighted by molar-refractivity contribution is -0.148. The summed E-state index contributed by atoms with van der Waals surface area (Å²) in [6, 6.07) is 9.98. The number of amides is 1. The van der Waals surface area contributed by atoms with E-state index in [1.165, 1.54) is 36.9 Å². The summed E-state index contributed by atoms with van der Waals surface area (Å²) in [5.41, 5.74) is -2.00. The zero-order chi connectivity index (χ0) is 31.0. The van der Waals surface area contributed by atoms with Gasteiger partial charge in [-0.25, -0.2) is 26.3 Å². The van der Waals surface area contributed by atoms with Crippen molar-refractivity contribution < 1.29 is 31.1 Å². The summed E-state index contributed by atoms with van der Waals surface area (Å²) in [7, 11) is -4.37. The number of hydrogen-bond donors (Lipinski definition) is 2. The summed E-state index contributed by atoms with van der Waals surface area (Å²) in [6.45, 7) is 3.06. The molecule has 1 amide bonds. The van der Waals surface area contributed by atoms with Gasteiger partial charge in [-0.15, -0.1) is 11.8 Å². The van der Waals surface area contributed by atoms with Gasteiger partial charge in [0.2, 0.25) is 0 Å². The minimum atomic E-state index is -4.37. The first-order valence-corrected chi connectivity index (χ1v) is 16.8. The Morgan fingerprint density at radius 2 is 1.93 bits per heavy atom. The molecule has 0 bridgehead atoms. The maximum absolute atomic E-state index is 13.7. The molecule has 2 aromatic rings. The Balaban J connectivity index is 1.30. The average molecular weight is 657 g/mol. The van der Waals surface area contributed by atoms with Crippen LogP contribution in [0.25, 0.3) is 0 Å². The molecule has 14 heteroatoms. The SMILES string of the molecule is C[C@]1(C(=O)NS(=O)(=O)c2cc(Cl)c(N[C@H](CCN3CC4(C3)CC4(F)F)CSc3ccc(F)cc3)c(C#N)c2)CCCCO1. The van der Waals surface area contributed by atoms with Crippen molar-refractivity contribution in [3.63, 3.8) is 0 Å². The number of anilines is 1. The van der Waals surface area contributed by atoms with E-state index in [2.05, 4.69) is 10.0 Å². The van der Waals surface area contributed by atoms with E-state index in [1.807, 2.05) is 11.0 Å². The van der Waals surface area contributed by atoms with E-state index in [1.54, 1.807) is 12.1 Å². The van der Waals surface area contributed by atoms with E-state index in [9.17, 15) is 31.6 Å². The van der Waals surface area contributed by atoms with E-state index in [4.69, 9.17) is 16.3 Å². The zero-order valence-corrected chi connectivity index (χ0v) is 25.9. The molecule has 1 spiro atoms. The van der Waals surface area contributed by atoms with Crippen molar-refractivity contribution in [1.29, 1.82) is 5.26 Å². The van der Waals surface area contributed by atoms with Crippen LogP contribution in [0.5, 0.6) is 0 Å². The molecule has 1 aliphatic carbocycles. The first kappa shape index (κ1) is 31.9. The summed E-state index contributed by atoms with van der Waals surface area (Å²) in [4.78, 5) is 15.2. The number of nitriles is 1. The minimum Gasteiger partial charge on any atom is -0.379 e. The molecule has 0 unspecified atom stereocenters. The van der Waals surface area contributed by atoms with Gasteiger partial charge >= 0.3 is 0 Å². The van der Waals surface area contributed by atoms with Crippen LogP contribution in [0.15, 0.2) is 46.2 Å². The van der Waals surface area contributed by atoms with Gasteiger partial charge in [-0.1, -0.05) is 11.6 Å². The van der Waals surface area contributed by atoms with Gasteiger partial charge in [-0.3, -0.25) is 4.79 Å². The highest BCUT2D eigenvalue weighted by Crippen LogP contribution is 2.65. The second kappa shape index (κ2) is 12.1. The highest BCUT2D eigenvalue weighted by molar-refractivity contribution is 7.99. The molecule has 2 aromatic carbocycles. The molecule has 2 N–H and O–H groups in total. The predicted molar refractivity (Wildman–Crippen MR) is 157 cm³/mol. The summed E-state index contributed by atoms with van der Waals surface area (Å²) in [5.74, 6) is -3.29. The Morgan fingerprint density at radius 3 is 2.53 bits per heavy atom. The molecule has 0 aromatic heterocycles. The second-order valence-corrected chi connectivity index (χ2v) is 14.9. The fourth-order valence-corrected chi connectivity index (χ4v) is 7.97. The average Bonchev–Trinajstić information content (AvgIpc) is 3.53. The molecule has 0 radical (unpaired) electrons. The van der Waals surface area contributed by atoms with E-state index in [0.29, 0.717) is 44.8 Å². The molecule has 2 heterocycles. The number of rotatable bonds is 11. The molecular weight excluding hydrogens is 625 g/mol. The fourth-order valence-electron chi connectivity index (χ4n) is 5.53. The molecule has 2 saturated heterocycles. The van der Waals surface area contributed by atoms with E-state index >= 15 is 0 Å². The summed E-state index contributed by atoms with van der Waals surface area (Å²) in [5, 5.41) is 13.1. The van der Waals surface area contributed by atoms with Crippen LogP contribution < -0.4 is 10.0 Å². The number of carbonyl (C=O) groups is 1. The molecule has 5 rings (SSSR count). The zero-order valence-electron chi connectivity index (χ0n) is 23.5. The van der Waals surface area contributed by atoms with Crippen molar-refractivity contribution in [2.75, 3.05) is 37.3 Å². The lowest BCUT2D eigenvalue weighted by Crippen LogP contribution is -2.52. The van der Waals surface area contributed by atoms with Gasteiger partial charge in [-0.05, 0) is 69.0 Å². The smallest absolute Gasteiger partial charge is 0.265 e. The van der Waals surface area contributed by atoms with Crippen molar-refractivity contribution in [3.8, 4) is 6.07 Å². The standard InChI is InChI=1S/C29H32ClF3N4O4S2/c1-27(9-2-3-11-41-27)26(38)36-43(39,40)23-12-19(14-34)25(24(30)13-23)35-21(15-42-22-6-4-20(31)5-7-22)8-10-37-17-28(18-37)16-29(28,32)33/h4-7,12-13,21,35H,2-3,8-11,15-18H2,1H3,(H,36,38)/t21-,27-/m1/s1. The Hall–Kier alpha value is -2.50. The number of nitrogens with one attached hydrogen (secondary N) is 2. The number of alkyl halides is 2. The number of likely N-dealkylation sites (tertiary alicyclic amines) is 1. The van der Waals surface area contributed by atoms with Gasteiger partial charge in [0.25, 0.3) is 21.9 Å². The van der Waals surface area contributed by atoms with E-state index in [0.717, 1.165) is 23.8 Å². The number of thioether (sulfide) groups is 1. The predicted octanol–water partition coefficient (Wildman–Crippen LogP) is 5.42. The Labute approximate surface area is 258 Å². The van der Waals surface area contributed by atoms with Gasteiger partial charge in [0.1, 0.15) is 17.5 Å². The topological polar surface area (TPSA) is 112 Å². The first-order valence-electron chi connectivity index (χ1n) is 14.0. The van der Waals surface area contributed by atoms with Gasteiger partial charge in [0.05, 0.1) is 26.6 Å². The van der Waals surface area contributed by atoms with Crippen LogP contribution in [-0.4, -0.2) is 68.8 Å². The van der Waals surface area contributed by atoms with Gasteiger partial charge in [0, 0.05) is 49.4 Å². The molecule has 43 heavy (non-hydrogen) atoms. The van der Waals surface area contributed by atoms with Crippen LogP contribution in [0.3, 0.4) is 0 Å². The lowest BCUT2D eigenvalue weighted by atomic mass is 9.95. The van der Waals surface area contributed by atoms with Crippen LogP contribution in [0.2, 0.25) is 5.02 Å². The third-order valence-corrected chi connectivity index (χ3v) is 11.1. The number of hydrogen-bond acceptors (Lipinski definition) is 8. The minimum absolute atomic E-state index is 0.0377.